The van der Waals surface area contributed by atoms with Gasteiger partial charge in [-0.25, -0.2) is 0 Å². The molecule has 18 heteroatoms. The molecule has 0 amide bonds. The van der Waals surface area contributed by atoms with Crippen LogP contribution in [-0.2, 0) is 33.3 Å². The highest BCUT2D eigenvalue weighted by Gasteiger charge is 2.51. The van der Waals surface area contributed by atoms with Crippen LogP contribution in [0.15, 0.2) is 97.7 Å². The van der Waals surface area contributed by atoms with Crippen LogP contribution in [0, 0.1) is 11.8 Å². The second-order valence-corrected chi connectivity index (χ2v) is 17.3. The highest BCUT2D eigenvalue weighted by Crippen LogP contribution is 2.38. The van der Waals surface area contributed by atoms with Crippen LogP contribution >= 0.6 is 0 Å². The first-order chi connectivity index (χ1) is 31.3. The molecule has 3 aliphatic rings. The number of carbonyl (C=O) groups excluding carboxylic acids is 2. The van der Waals surface area contributed by atoms with Crippen LogP contribution in [0.25, 0.3) is 0 Å². The van der Waals surface area contributed by atoms with Crippen molar-refractivity contribution < 1.29 is 84.3 Å². The molecule has 0 aromatic heterocycles. The van der Waals surface area contributed by atoms with Gasteiger partial charge in [-0.3, -0.25) is 9.59 Å². The first kappa shape index (κ1) is 56.6. The van der Waals surface area contributed by atoms with Crippen LogP contribution in [0.4, 0.5) is 0 Å². The van der Waals surface area contributed by atoms with Crippen molar-refractivity contribution in [2.75, 3.05) is 13.2 Å². The van der Waals surface area contributed by atoms with Crippen LogP contribution in [0.1, 0.15) is 71.6 Å². The van der Waals surface area contributed by atoms with Gasteiger partial charge >= 0.3 is 11.9 Å². The lowest BCUT2D eigenvalue weighted by molar-refractivity contribution is -0.306. The zero-order valence-electron chi connectivity index (χ0n) is 37.8. The van der Waals surface area contributed by atoms with E-state index in [2.05, 4.69) is 6.58 Å². The van der Waals surface area contributed by atoms with E-state index in [-0.39, 0.29) is 51.2 Å². The minimum absolute atomic E-state index is 0.0964. The summed E-state index contributed by atoms with van der Waals surface area (Å²) in [6, 6.07) is -1.11. The number of hydrogen-bond acceptors (Lipinski definition) is 18. The lowest BCUT2D eigenvalue weighted by Crippen LogP contribution is -2.59. The van der Waals surface area contributed by atoms with Gasteiger partial charge in [0.05, 0.1) is 80.1 Å². The quantitative estimate of drug-likeness (QED) is 0.134. The summed E-state index contributed by atoms with van der Waals surface area (Å²) in [6.45, 7) is 6.54. The van der Waals surface area contributed by atoms with Gasteiger partial charge in [0.15, 0.2) is 12.1 Å². The third kappa shape index (κ3) is 20.3. The lowest BCUT2D eigenvalue weighted by atomic mass is 9.82. The molecule has 7 unspecified atom stereocenters. The molecule has 3 aliphatic heterocycles. The van der Waals surface area contributed by atoms with Crippen molar-refractivity contribution in [1.29, 1.82) is 0 Å². The molecule has 2 saturated heterocycles. The number of nitrogens with two attached hydrogens (primary N) is 1. The summed E-state index contributed by atoms with van der Waals surface area (Å²) in [5.74, 6) is -5.53. The lowest BCUT2D eigenvalue weighted by Gasteiger charge is -2.45. The molecule has 17 atom stereocenters. The van der Waals surface area contributed by atoms with Gasteiger partial charge in [-0.1, -0.05) is 105 Å². The highest BCUT2D eigenvalue weighted by molar-refractivity contribution is 5.74. The highest BCUT2D eigenvalue weighted by atomic mass is 16.7. The average Bonchev–Trinajstić information content (AvgIpc) is 3.23. The van der Waals surface area contributed by atoms with Crippen molar-refractivity contribution >= 4 is 11.9 Å². The minimum atomic E-state index is -2.29. The number of fused-ring (bicyclic) bond motifs is 2. The summed E-state index contributed by atoms with van der Waals surface area (Å²) in [5, 5.41) is 108. The van der Waals surface area contributed by atoms with E-state index in [9.17, 15) is 60.7 Å². The van der Waals surface area contributed by atoms with Crippen molar-refractivity contribution in [2.24, 2.45) is 17.6 Å². The Balaban J connectivity index is 1.88. The molecule has 2 bridgehead atoms. The second kappa shape index (κ2) is 29.2. The number of ether oxygens (including phenoxy) is 5. The second-order valence-electron chi connectivity index (χ2n) is 17.3. The van der Waals surface area contributed by atoms with Crippen LogP contribution in [0.3, 0.4) is 0 Å². The fourth-order valence-electron chi connectivity index (χ4n) is 7.71. The number of hydrogen-bond donors (Lipinski definition) is 11. The molecule has 0 radical (unpaired) electrons. The maximum absolute atomic E-state index is 13.3. The van der Waals surface area contributed by atoms with Gasteiger partial charge in [0.25, 0.3) is 0 Å². The first-order valence-electron chi connectivity index (χ1n) is 22.5. The molecule has 0 spiro atoms. The van der Waals surface area contributed by atoms with Crippen LogP contribution in [-0.4, -0.2) is 168 Å². The van der Waals surface area contributed by atoms with Crippen LogP contribution in [0.2, 0.25) is 0 Å². The van der Waals surface area contributed by atoms with E-state index < -0.39 is 135 Å². The van der Waals surface area contributed by atoms with E-state index in [1.807, 2.05) is 31.2 Å². The molecule has 18 nitrogen and oxygen atoms in total. The standard InChI is InChI=1S/C48H73NO17/c1-4-21-62-46(60)43-39(56)28-48(61)27-34(52)24-38(55)36(53)20-19-32(50)23-33(51)25-42(58)64-31(3)22-37(54)30(2)17-15-13-11-9-7-5-6-8-10-12-14-16-18-35(26-41(43)66-48)65-47-45(59)44(49)40(57)29-63-47/h4-18,30-41,43-45,47,50-57,59,61H,1,19-29,49H2,2-3H3/b6-5+,9-7+,10-8+,13-11+,14-12+,17-15+,18-16+/t30-,31-,32?,33?,34?,35?,36?,37-,38?,39-,40+,41-,43+,44-,45+,47-,48?/m0/s1. The number of aliphatic hydroxyl groups is 10. The average molecular weight is 936 g/mol. The van der Waals surface area contributed by atoms with Crippen molar-refractivity contribution in [1.82, 2.24) is 0 Å². The first-order valence-corrected chi connectivity index (χ1v) is 22.5. The predicted octanol–water partition coefficient (Wildman–Crippen LogP) is 0.722. The van der Waals surface area contributed by atoms with Gasteiger partial charge in [-0.15, -0.1) is 0 Å². The molecular weight excluding hydrogens is 863 g/mol. The summed E-state index contributed by atoms with van der Waals surface area (Å²) < 4.78 is 28.4. The van der Waals surface area contributed by atoms with Gasteiger partial charge in [-0.05, 0) is 26.2 Å². The van der Waals surface area contributed by atoms with Gasteiger partial charge < -0.3 is 80.5 Å². The maximum Gasteiger partial charge on any atom is 0.314 e. The van der Waals surface area contributed by atoms with E-state index in [4.69, 9.17) is 29.4 Å². The summed E-state index contributed by atoms with van der Waals surface area (Å²) in [6.07, 6.45) is 6.72. The maximum atomic E-state index is 13.3. The molecule has 0 aromatic rings. The summed E-state index contributed by atoms with van der Waals surface area (Å²) >= 11 is 0. The fourth-order valence-corrected chi connectivity index (χ4v) is 7.71. The van der Waals surface area contributed by atoms with E-state index in [0.717, 1.165) is 0 Å². The monoisotopic (exact) mass is 935 g/mol. The summed E-state index contributed by atoms with van der Waals surface area (Å²) in [4.78, 5) is 25.8. The molecule has 0 saturated carbocycles. The Morgan fingerprint density at radius 1 is 0.742 bits per heavy atom. The number of aliphatic hydroxyl groups excluding tert-OH is 9. The number of esters is 2. The Bertz CT molecular complexity index is 1680. The topological polar surface area (TPSA) is 309 Å². The zero-order valence-corrected chi connectivity index (χ0v) is 37.8. The number of allylic oxidation sites excluding steroid dienone is 12. The van der Waals surface area contributed by atoms with Crippen molar-refractivity contribution in [2.45, 2.75) is 163 Å². The van der Waals surface area contributed by atoms with Crippen molar-refractivity contribution in [3.05, 3.63) is 97.7 Å². The normalized spacial score (nSPS) is 42.6. The Morgan fingerprint density at radius 2 is 1.35 bits per heavy atom. The van der Waals surface area contributed by atoms with Gasteiger partial charge in [-0.2, -0.15) is 0 Å². The van der Waals surface area contributed by atoms with Gasteiger partial charge in [0, 0.05) is 38.0 Å². The molecule has 2 fully saturated rings. The van der Waals surface area contributed by atoms with Gasteiger partial charge in [0.1, 0.15) is 24.7 Å². The Morgan fingerprint density at radius 3 is 1.97 bits per heavy atom. The SMILES string of the molecule is C=CCOC(=O)[C@H]1[C@@H]2CC(O[C@@H]3OC[C@@H](O)[C@H](N)[C@H]3O)/C=C/C=C/C=C/C=C/C=C/C=C/C=C/[C@H](C)[C@@H](O)C[C@H](C)OC(=O)CC(O)CC(O)CCC(O)C(O)CC(O)CC(O)(C[C@@H]1O)O2. The number of cyclic esters (lactones) is 1. The summed E-state index contributed by atoms with van der Waals surface area (Å²) in [7, 11) is 0. The summed E-state index contributed by atoms with van der Waals surface area (Å²) in [5.41, 5.74) is 5.98. The fraction of sp³-hybridized carbons (Fsp3) is 0.625. The molecular formula is C48H73NO17. The molecule has 0 aliphatic carbocycles. The zero-order chi connectivity index (χ0) is 48.8. The molecule has 3 rings (SSSR count). The van der Waals surface area contributed by atoms with Crippen molar-refractivity contribution in [3.63, 3.8) is 0 Å². The molecule has 3 heterocycles. The minimum Gasteiger partial charge on any atom is -0.462 e. The number of carbonyl (C=O) groups is 2. The van der Waals surface area contributed by atoms with Crippen LogP contribution < -0.4 is 5.73 Å². The Hall–Kier alpha value is -3.70. The molecule has 372 valence electrons. The van der Waals surface area contributed by atoms with Gasteiger partial charge in [0.2, 0.25) is 0 Å². The third-order valence-electron chi connectivity index (χ3n) is 11.4. The Labute approximate surface area is 387 Å². The smallest absolute Gasteiger partial charge is 0.314 e. The molecule has 0 aromatic carbocycles. The molecule has 12 N–H and O–H groups in total. The van der Waals surface area contributed by atoms with E-state index in [1.54, 1.807) is 67.7 Å². The van der Waals surface area contributed by atoms with Crippen molar-refractivity contribution in [3.8, 4) is 0 Å². The third-order valence-corrected chi connectivity index (χ3v) is 11.4. The van der Waals surface area contributed by atoms with Crippen LogP contribution in [0.5, 0.6) is 0 Å². The predicted molar refractivity (Wildman–Crippen MR) is 241 cm³/mol. The van der Waals surface area contributed by atoms with E-state index >= 15 is 0 Å². The van der Waals surface area contributed by atoms with E-state index in [0.29, 0.717) is 0 Å². The van der Waals surface area contributed by atoms with E-state index in [1.165, 1.54) is 6.08 Å². The Kier molecular flexibility index (Phi) is 25.1. The largest absolute Gasteiger partial charge is 0.462 e. The number of rotatable bonds is 5. The molecule has 66 heavy (non-hydrogen) atoms.